The average molecular weight is 356 g/mol. The molecule has 0 aliphatic heterocycles. The fourth-order valence-electron chi connectivity index (χ4n) is 2.24. The van der Waals surface area contributed by atoms with Crippen molar-refractivity contribution in [2.24, 2.45) is 0 Å². The Labute approximate surface area is 153 Å². The lowest BCUT2D eigenvalue weighted by atomic mass is 10.1. The second-order valence-corrected chi connectivity index (χ2v) is 5.82. The molecule has 0 radical (unpaired) electrons. The number of aryl methyl sites for hydroxylation is 1. The predicted molar refractivity (Wildman–Crippen MR) is 99.1 cm³/mol. The van der Waals surface area contributed by atoms with Gasteiger partial charge in [-0.3, -0.25) is 0 Å². The van der Waals surface area contributed by atoms with E-state index in [9.17, 15) is 9.90 Å². The van der Waals surface area contributed by atoms with Crippen LogP contribution in [0.15, 0.2) is 66.7 Å². The SMILES string of the molecule is C=C(C)C(=O)OC(O)COc1ccccc1CCCOc1ccccc1. The summed E-state index contributed by atoms with van der Waals surface area (Å²) < 4.78 is 16.1. The van der Waals surface area contributed by atoms with E-state index >= 15 is 0 Å². The largest absolute Gasteiger partial charge is 0.494 e. The first kappa shape index (κ1) is 19.5. The minimum Gasteiger partial charge on any atom is -0.494 e. The zero-order valence-corrected chi connectivity index (χ0v) is 14.9. The Kier molecular flexibility index (Phi) is 7.71. The van der Waals surface area contributed by atoms with Crippen molar-refractivity contribution in [2.75, 3.05) is 13.2 Å². The van der Waals surface area contributed by atoms with Gasteiger partial charge in [0.25, 0.3) is 0 Å². The van der Waals surface area contributed by atoms with E-state index in [4.69, 9.17) is 14.2 Å². The zero-order chi connectivity index (χ0) is 18.8. The van der Waals surface area contributed by atoms with Gasteiger partial charge in [-0.25, -0.2) is 4.79 Å². The minimum atomic E-state index is -1.34. The lowest BCUT2D eigenvalue weighted by Gasteiger charge is -2.15. The normalized spacial score (nSPS) is 11.5. The highest BCUT2D eigenvalue weighted by Gasteiger charge is 2.13. The number of aliphatic hydroxyl groups is 1. The van der Waals surface area contributed by atoms with E-state index < -0.39 is 12.3 Å². The smallest absolute Gasteiger partial charge is 0.335 e. The van der Waals surface area contributed by atoms with E-state index in [1.54, 1.807) is 0 Å². The molecule has 1 atom stereocenters. The summed E-state index contributed by atoms with van der Waals surface area (Å²) in [4.78, 5) is 11.4. The molecular weight excluding hydrogens is 332 g/mol. The van der Waals surface area contributed by atoms with Gasteiger partial charge in [-0.15, -0.1) is 0 Å². The van der Waals surface area contributed by atoms with E-state index in [-0.39, 0.29) is 12.2 Å². The van der Waals surface area contributed by atoms with Crippen LogP contribution in [-0.2, 0) is 16.0 Å². The monoisotopic (exact) mass is 356 g/mol. The minimum absolute atomic E-state index is 0.142. The molecule has 0 saturated heterocycles. The molecule has 0 saturated carbocycles. The lowest BCUT2D eigenvalue weighted by Crippen LogP contribution is -2.25. The van der Waals surface area contributed by atoms with Gasteiger partial charge in [-0.05, 0) is 43.5 Å². The second kappa shape index (κ2) is 10.3. The molecule has 2 rings (SSSR count). The molecule has 138 valence electrons. The standard InChI is InChI=1S/C21H24O5/c1-16(2)21(23)26-20(22)15-25-19-13-7-6-9-17(19)10-8-14-24-18-11-4-3-5-12-18/h3-7,9,11-13,20,22H,1,8,10,14-15H2,2H3. The topological polar surface area (TPSA) is 65.0 Å². The van der Waals surface area contributed by atoms with Crippen LogP contribution in [0.5, 0.6) is 11.5 Å². The number of hydrogen-bond acceptors (Lipinski definition) is 5. The Balaban J connectivity index is 1.79. The van der Waals surface area contributed by atoms with Crippen LogP contribution in [0.2, 0.25) is 0 Å². The number of carbonyl (C=O) groups is 1. The molecule has 5 nitrogen and oxygen atoms in total. The summed E-state index contributed by atoms with van der Waals surface area (Å²) in [7, 11) is 0. The molecule has 0 aromatic heterocycles. The van der Waals surface area contributed by atoms with Gasteiger partial charge in [-0.1, -0.05) is 43.0 Å². The van der Waals surface area contributed by atoms with E-state index in [0.29, 0.717) is 12.4 Å². The van der Waals surface area contributed by atoms with Crippen molar-refractivity contribution in [2.45, 2.75) is 26.1 Å². The number of aliphatic hydroxyl groups excluding tert-OH is 1. The van der Waals surface area contributed by atoms with Crippen LogP contribution in [0.25, 0.3) is 0 Å². The lowest BCUT2D eigenvalue weighted by molar-refractivity contribution is -0.167. The van der Waals surface area contributed by atoms with Gasteiger partial charge in [0.1, 0.15) is 11.5 Å². The fourth-order valence-corrected chi connectivity index (χ4v) is 2.24. The third-order valence-corrected chi connectivity index (χ3v) is 3.55. The summed E-state index contributed by atoms with van der Waals surface area (Å²) in [5.74, 6) is 0.851. The maximum atomic E-state index is 11.4. The zero-order valence-electron chi connectivity index (χ0n) is 14.9. The van der Waals surface area contributed by atoms with Gasteiger partial charge in [0.2, 0.25) is 6.29 Å². The fraction of sp³-hybridized carbons (Fsp3) is 0.286. The number of esters is 1. The highest BCUT2D eigenvalue weighted by Crippen LogP contribution is 2.20. The average Bonchev–Trinajstić information content (AvgIpc) is 2.65. The van der Waals surface area contributed by atoms with Crippen molar-refractivity contribution in [3.63, 3.8) is 0 Å². The molecule has 2 aromatic rings. The van der Waals surface area contributed by atoms with Crippen LogP contribution in [0, 0.1) is 0 Å². The van der Waals surface area contributed by atoms with Crippen LogP contribution in [-0.4, -0.2) is 30.6 Å². The molecule has 0 spiro atoms. The van der Waals surface area contributed by atoms with E-state index in [0.717, 1.165) is 24.2 Å². The molecule has 0 amide bonds. The molecule has 0 aliphatic carbocycles. The number of carbonyl (C=O) groups excluding carboxylic acids is 1. The van der Waals surface area contributed by atoms with Crippen LogP contribution in [0.1, 0.15) is 18.9 Å². The number of para-hydroxylation sites is 2. The van der Waals surface area contributed by atoms with Crippen molar-refractivity contribution in [1.29, 1.82) is 0 Å². The number of hydrogen-bond donors (Lipinski definition) is 1. The summed E-state index contributed by atoms with van der Waals surface area (Å²) >= 11 is 0. The summed E-state index contributed by atoms with van der Waals surface area (Å²) in [5.41, 5.74) is 1.23. The van der Waals surface area contributed by atoms with Crippen molar-refractivity contribution in [3.05, 3.63) is 72.3 Å². The molecule has 0 aliphatic rings. The van der Waals surface area contributed by atoms with Gasteiger partial charge in [0.05, 0.1) is 6.61 Å². The summed E-state index contributed by atoms with van der Waals surface area (Å²) in [6, 6.07) is 17.2. The highest BCUT2D eigenvalue weighted by atomic mass is 16.7. The van der Waals surface area contributed by atoms with E-state index in [1.807, 2.05) is 54.6 Å². The number of rotatable bonds is 10. The molecule has 5 heteroatoms. The van der Waals surface area contributed by atoms with Gasteiger partial charge in [0, 0.05) is 5.57 Å². The second-order valence-electron chi connectivity index (χ2n) is 5.82. The molecule has 1 unspecified atom stereocenters. The molecule has 0 bridgehead atoms. The first-order valence-corrected chi connectivity index (χ1v) is 8.49. The van der Waals surface area contributed by atoms with Gasteiger partial charge in [-0.2, -0.15) is 0 Å². The van der Waals surface area contributed by atoms with Crippen LogP contribution in [0.4, 0.5) is 0 Å². The summed E-state index contributed by atoms with van der Waals surface area (Å²) in [6.45, 7) is 5.43. The Bertz CT molecular complexity index is 711. The third kappa shape index (κ3) is 6.61. The van der Waals surface area contributed by atoms with Gasteiger partial charge >= 0.3 is 5.97 Å². The predicted octanol–water partition coefficient (Wildman–Crippen LogP) is 3.51. The van der Waals surface area contributed by atoms with Crippen molar-refractivity contribution < 1.29 is 24.1 Å². The Morgan fingerprint density at radius 2 is 1.77 bits per heavy atom. The van der Waals surface area contributed by atoms with Crippen LogP contribution < -0.4 is 9.47 Å². The molecule has 1 N–H and O–H groups in total. The van der Waals surface area contributed by atoms with Gasteiger partial charge < -0.3 is 19.3 Å². The molecule has 26 heavy (non-hydrogen) atoms. The van der Waals surface area contributed by atoms with Crippen LogP contribution >= 0.6 is 0 Å². The van der Waals surface area contributed by atoms with E-state index in [1.165, 1.54) is 6.92 Å². The van der Waals surface area contributed by atoms with Crippen molar-refractivity contribution in [1.82, 2.24) is 0 Å². The van der Waals surface area contributed by atoms with Gasteiger partial charge in [0.15, 0.2) is 6.61 Å². The Hall–Kier alpha value is -2.79. The van der Waals surface area contributed by atoms with Crippen LogP contribution in [0.3, 0.4) is 0 Å². The summed E-state index contributed by atoms with van der Waals surface area (Å²) in [6.07, 6.45) is 0.251. The number of benzene rings is 2. The third-order valence-electron chi connectivity index (χ3n) is 3.55. The van der Waals surface area contributed by atoms with E-state index in [2.05, 4.69) is 6.58 Å². The summed E-state index contributed by atoms with van der Waals surface area (Å²) in [5, 5.41) is 9.73. The molecule has 2 aromatic carbocycles. The quantitative estimate of drug-likeness (QED) is 0.305. The first-order chi connectivity index (χ1) is 12.6. The number of ether oxygens (including phenoxy) is 3. The molecule has 0 heterocycles. The maximum absolute atomic E-state index is 11.4. The highest BCUT2D eigenvalue weighted by molar-refractivity contribution is 5.86. The maximum Gasteiger partial charge on any atom is 0.335 e. The molecular formula is C21H24O5. The Morgan fingerprint density at radius 3 is 2.50 bits per heavy atom. The van der Waals surface area contributed by atoms with Crippen molar-refractivity contribution >= 4 is 5.97 Å². The first-order valence-electron chi connectivity index (χ1n) is 8.49. The molecule has 0 fully saturated rings. The Morgan fingerprint density at radius 1 is 1.08 bits per heavy atom. The van der Waals surface area contributed by atoms with Crippen molar-refractivity contribution in [3.8, 4) is 11.5 Å².